The summed E-state index contributed by atoms with van der Waals surface area (Å²) in [5.74, 6) is -0.00530. The number of hydrogen-bond donors (Lipinski definition) is 2. The number of benzene rings is 1. The predicted molar refractivity (Wildman–Crippen MR) is 76.9 cm³/mol. The average molecular weight is 283 g/mol. The van der Waals surface area contributed by atoms with Gasteiger partial charge in [0.05, 0.1) is 10.7 Å². The van der Waals surface area contributed by atoms with Gasteiger partial charge in [0.2, 0.25) is 10.0 Å². The van der Waals surface area contributed by atoms with Crippen LogP contribution in [0.1, 0.15) is 24.5 Å². The van der Waals surface area contributed by atoms with Crippen molar-refractivity contribution in [1.29, 1.82) is 5.41 Å². The molecule has 6 heteroatoms. The topological polar surface area (TPSA) is 87.2 Å². The van der Waals surface area contributed by atoms with Gasteiger partial charge in [-0.3, -0.25) is 5.41 Å². The third-order valence-electron chi connectivity index (χ3n) is 2.93. The first-order chi connectivity index (χ1) is 8.78. The Morgan fingerprint density at radius 1 is 1.37 bits per heavy atom. The Morgan fingerprint density at radius 3 is 2.47 bits per heavy atom. The molecule has 0 spiro atoms. The first kappa shape index (κ1) is 15.7. The molecule has 106 valence electrons. The minimum atomic E-state index is -3.51. The molecule has 1 aromatic carbocycles. The van der Waals surface area contributed by atoms with Crippen LogP contribution in [0.3, 0.4) is 0 Å². The average Bonchev–Trinajstić information content (AvgIpc) is 2.28. The van der Waals surface area contributed by atoms with Crippen LogP contribution in [0.5, 0.6) is 0 Å². The second-order valence-corrected chi connectivity index (χ2v) is 6.45. The van der Waals surface area contributed by atoms with Crippen molar-refractivity contribution in [3.8, 4) is 0 Å². The maximum Gasteiger partial charge on any atom is 0.243 e. The smallest absolute Gasteiger partial charge is 0.243 e. The van der Waals surface area contributed by atoms with Crippen LogP contribution in [0.25, 0.3) is 0 Å². The summed E-state index contributed by atoms with van der Waals surface area (Å²) in [6.45, 7) is 6.10. The molecule has 0 aliphatic rings. The van der Waals surface area contributed by atoms with Gasteiger partial charge in [0.15, 0.2) is 0 Å². The van der Waals surface area contributed by atoms with E-state index in [4.69, 9.17) is 11.1 Å². The highest BCUT2D eigenvalue weighted by Gasteiger charge is 2.24. The third-order valence-corrected chi connectivity index (χ3v) is 5.07. The Hall–Kier alpha value is -1.40. The summed E-state index contributed by atoms with van der Waals surface area (Å²) in [5.41, 5.74) is 7.06. The largest absolute Gasteiger partial charge is 0.388 e. The number of sulfonamides is 1. The number of nitrogens with one attached hydrogen (secondary N) is 1. The normalized spacial score (nSPS) is 11.8. The van der Waals surface area contributed by atoms with Gasteiger partial charge >= 0.3 is 0 Å². The zero-order valence-electron chi connectivity index (χ0n) is 11.6. The Balaban J connectivity index is 3.09. The minimum Gasteiger partial charge on any atom is -0.388 e. The van der Waals surface area contributed by atoms with Crippen molar-refractivity contribution >= 4 is 15.9 Å². The molecule has 0 amide bonds. The number of amidine groups is 1. The van der Waals surface area contributed by atoms with E-state index in [2.05, 4.69) is 0 Å². The fraction of sp³-hybridized carbons (Fsp3) is 0.462. The first-order valence-corrected chi connectivity index (χ1v) is 7.63. The van der Waals surface area contributed by atoms with Gasteiger partial charge in [0, 0.05) is 19.5 Å². The summed E-state index contributed by atoms with van der Waals surface area (Å²) >= 11 is 0. The first-order valence-electron chi connectivity index (χ1n) is 6.19. The molecule has 0 aliphatic carbocycles. The van der Waals surface area contributed by atoms with Crippen LogP contribution < -0.4 is 5.73 Å². The van der Waals surface area contributed by atoms with Crippen LogP contribution in [0, 0.1) is 19.3 Å². The van der Waals surface area contributed by atoms with Crippen molar-refractivity contribution in [3.63, 3.8) is 0 Å². The molecular weight excluding hydrogens is 262 g/mol. The van der Waals surface area contributed by atoms with E-state index in [0.29, 0.717) is 11.4 Å². The lowest BCUT2D eigenvalue weighted by Crippen LogP contribution is -2.34. The Bertz CT molecular complexity index is 567. The van der Waals surface area contributed by atoms with Gasteiger partial charge < -0.3 is 5.73 Å². The predicted octanol–water partition coefficient (Wildman–Crippen LogP) is 1.64. The molecule has 1 rings (SSSR count). The number of aryl methyl sites for hydroxylation is 2. The van der Waals surface area contributed by atoms with E-state index in [1.165, 1.54) is 4.31 Å². The van der Waals surface area contributed by atoms with E-state index < -0.39 is 10.0 Å². The summed E-state index contributed by atoms with van der Waals surface area (Å²) in [5, 5.41) is 7.20. The maximum atomic E-state index is 12.5. The van der Waals surface area contributed by atoms with Crippen molar-refractivity contribution in [1.82, 2.24) is 4.31 Å². The Labute approximate surface area is 115 Å². The molecule has 0 saturated heterocycles. The Kier molecular flexibility index (Phi) is 5.08. The minimum absolute atomic E-state index is 0.00530. The molecule has 5 nitrogen and oxygen atoms in total. The van der Waals surface area contributed by atoms with Crippen molar-refractivity contribution < 1.29 is 8.42 Å². The molecule has 19 heavy (non-hydrogen) atoms. The van der Waals surface area contributed by atoms with E-state index in [1.807, 2.05) is 13.0 Å². The highest BCUT2D eigenvalue weighted by Crippen LogP contribution is 2.20. The summed E-state index contributed by atoms with van der Waals surface area (Å²) in [7, 11) is -3.51. The fourth-order valence-electron chi connectivity index (χ4n) is 1.92. The molecule has 0 bridgehead atoms. The van der Waals surface area contributed by atoms with Crippen molar-refractivity contribution in [3.05, 3.63) is 29.3 Å². The quantitative estimate of drug-likeness (QED) is 0.614. The lowest BCUT2D eigenvalue weighted by Gasteiger charge is -2.21. The van der Waals surface area contributed by atoms with Gasteiger partial charge in [0.25, 0.3) is 0 Å². The Morgan fingerprint density at radius 2 is 2.00 bits per heavy atom. The van der Waals surface area contributed by atoms with Crippen LogP contribution in [0.2, 0.25) is 0 Å². The molecule has 0 radical (unpaired) electrons. The standard InChI is InChI=1S/C13H21N3O2S/c1-4-16(8-7-13(14)15)19(17,18)12-6-5-10(2)9-11(12)3/h5-6,9H,4,7-8H2,1-3H3,(H3,14,15). The van der Waals surface area contributed by atoms with Crippen molar-refractivity contribution in [2.45, 2.75) is 32.1 Å². The van der Waals surface area contributed by atoms with Gasteiger partial charge in [-0.2, -0.15) is 4.31 Å². The van der Waals surface area contributed by atoms with Crippen LogP contribution in [-0.2, 0) is 10.0 Å². The highest BCUT2D eigenvalue weighted by molar-refractivity contribution is 7.89. The molecular formula is C13H21N3O2S. The van der Waals surface area contributed by atoms with Gasteiger partial charge in [-0.25, -0.2) is 8.42 Å². The molecule has 0 aliphatic heterocycles. The monoisotopic (exact) mass is 283 g/mol. The molecule has 0 heterocycles. The van der Waals surface area contributed by atoms with E-state index in [0.717, 1.165) is 11.1 Å². The van der Waals surface area contributed by atoms with Crippen LogP contribution in [-0.4, -0.2) is 31.6 Å². The van der Waals surface area contributed by atoms with E-state index in [9.17, 15) is 8.42 Å². The lowest BCUT2D eigenvalue weighted by molar-refractivity contribution is 0.436. The molecule has 3 N–H and O–H groups in total. The summed E-state index contributed by atoms with van der Waals surface area (Å²) in [6, 6.07) is 5.28. The van der Waals surface area contributed by atoms with Crippen molar-refractivity contribution in [2.75, 3.05) is 13.1 Å². The molecule has 0 unspecified atom stereocenters. The number of rotatable bonds is 6. The van der Waals surface area contributed by atoms with E-state index in [-0.39, 0.29) is 18.8 Å². The summed E-state index contributed by atoms with van der Waals surface area (Å²) in [6.07, 6.45) is 0.248. The lowest BCUT2D eigenvalue weighted by atomic mass is 10.2. The number of nitrogens with zero attached hydrogens (tertiary/aromatic N) is 1. The fourth-order valence-corrected chi connectivity index (χ4v) is 3.58. The number of nitrogens with two attached hydrogens (primary N) is 1. The van der Waals surface area contributed by atoms with Crippen LogP contribution in [0.4, 0.5) is 0 Å². The zero-order valence-corrected chi connectivity index (χ0v) is 12.4. The van der Waals surface area contributed by atoms with E-state index in [1.54, 1.807) is 26.0 Å². The molecule has 0 atom stereocenters. The molecule has 0 fully saturated rings. The maximum absolute atomic E-state index is 12.5. The van der Waals surface area contributed by atoms with Crippen LogP contribution in [0.15, 0.2) is 23.1 Å². The molecule has 0 saturated carbocycles. The van der Waals surface area contributed by atoms with Crippen LogP contribution >= 0.6 is 0 Å². The summed E-state index contributed by atoms with van der Waals surface area (Å²) in [4.78, 5) is 0.323. The van der Waals surface area contributed by atoms with Gasteiger partial charge in [-0.1, -0.05) is 24.6 Å². The summed E-state index contributed by atoms with van der Waals surface area (Å²) < 4.78 is 26.4. The zero-order chi connectivity index (χ0) is 14.6. The SMILES string of the molecule is CCN(CCC(=N)N)S(=O)(=O)c1ccc(C)cc1C. The van der Waals surface area contributed by atoms with Gasteiger partial charge in [0.1, 0.15) is 0 Å². The molecule has 0 aromatic heterocycles. The number of hydrogen-bond acceptors (Lipinski definition) is 3. The van der Waals surface area contributed by atoms with Crippen molar-refractivity contribution in [2.24, 2.45) is 5.73 Å². The molecule has 1 aromatic rings. The second kappa shape index (κ2) is 6.16. The third kappa shape index (κ3) is 3.78. The van der Waals surface area contributed by atoms with Gasteiger partial charge in [-0.15, -0.1) is 0 Å². The van der Waals surface area contributed by atoms with Gasteiger partial charge in [-0.05, 0) is 25.5 Å². The highest BCUT2D eigenvalue weighted by atomic mass is 32.2. The van der Waals surface area contributed by atoms with E-state index >= 15 is 0 Å². The second-order valence-electron chi connectivity index (χ2n) is 4.54.